The number of piperazine rings is 1. The predicted octanol–water partition coefficient (Wildman–Crippen LogP) is 0.743. The van der Waals surface area contributed by atoms with Gasteiger partial charge in [0.25, 0.3) is 0 Å². The van der Waals surface area contributed by atoms with E-state index in [9.17, 15) is 0 Å². The molecule has 1 atom stereocenters. The van der Waals surface area contributed by atoms with Gasteiger partial charge in [-0.3, -0.25) is 4.90 Å². The summed E-state index contributed by atoms with van der Waals surface area (Å²) in [7, 11) is 2.18. The van der Waals surface area contributed by atoms with Crippen molar-refractivity contribution in [2.75, 3.05) is 50.8 Å². The second-order valence-electron chi connectivity index (χ2n) is 5.84. The lowest BCUT2D eigenvalue weighted by molar-refractivity contribution is 0.0943. The fourth-order valence-corrected chi connectivity index (χ4v) is 2.59. The van der Waals surface area contributed by atoms with Gasteiger partial charge in [0.1, 0.15) is 5.82 Å². The van der Waals surface area contributed by atoms with Crippen molar-refractivity contribution in [1.82, 2.24) is 19.8 Å². The van der Waals surface area contributed by atoms with E-state index in [0.29, 0.717) is 23.7 Å². The summed E-state index contributed by atoms with van der Waals surface area (Å²) in [5.41, 5.74) is 5.68. The molecule has 0 radical (unpaired) electrons. The largest absolute Gasteiger partial charge is 0.384 e. The van der Waals surface area contributed by atoms with Crippen molar-refractivity contribution in [3.63, 3.8) is 0 Å². The SMILES string of the molecule is CC(C)C(CNc1nccc(N)n1)N1CCN(C)CC1. The number of aromatic nitrogens is 2. The molecule has 0 amide bonds. The lowest BCUT2D eigenvalue weighted by atomic mass is 10.0. The molecule has 1 aliphatic heterocycles. The van der Waals surface area contributed by atoms with Crippen molar-refractivity contribution in [3.05, 3.63) is 12.3 Å². The van der Waals surface area contributed by atoms with Crippen LogP contribution in [0.1, 0.15) is 13.8 Å². The fourth-order valence-electron chi connectivity index (χ4n) is 2.59. The molecule has 1 aromatic heterocycles. The van der Waals surface area contributed by atoms with Crippen molar-refractivity contribution >= 4 is 11.8 Å². The molecule has 0 aliphatic carbocycles. The quantitative estimate of drug-likeness (QED) is 0.828. The number of hydrogen-bond acceptors (Lipinski definition) is 6. The molecule has 0 aromatic carbocycles. The van der Waals surface area contributed by atoms with Gasteiger partial charge in [0.05, 0.1) is 0 Å². The van der Waals surface area contributed by atoms with Crippen LogP contribution in [0.25, 0.3) is 0 Å². The van der Waals surface area contributed by atoms with E-state index in [2.05, 4.69) is 46.0 Å². The van der Waals surface area contributed by atoms with E-state index in [1.54, 1.807) is 12.3 Å². The van der Waals surface area contributed by atoms with Crippen LogP contribution in [-0.4, -0.2) is 65.6 Å². The van der Waals surface area contributed by atoms with Crippen molar-refractivity contribution in [3.8, 4) is 0 Å². The maximum Gasteiger partial charge on any atom is 0.224 e. The second-order valence-corrected chi connectivity index (χ2v) is 5.84. The third-order valence-corrected chi connectivity index (χ3v) is 3.92. The highest BCUT2D eigenvalue weighted by Crippen LogP contribution is 2.14. The Morgan fingerprint density at radius 2 is 2.00 bits per heavy atom. The van der Waals surface area contributed by atoms with Gasteiger partial charge in [0, 0.05) is 45.0 Å². The van der Waals surface area contributed by atoms with E-state index in [-0.39, 0.29) is 0 Å². The molecule has 1 fully saturated rings. The van der Waals surface area contributed by atoms with Crippen LogP contribution in [0.4, 0.5) is 11.8 Å². The normalized spacial score (nSPS) is 19.2. The first kappa shape index (κ1) is 15.0. The Bertz CT molecular complexity index is 414. The molecule has 2 heterocycles. The predicted molar refractivity (Wildman–Crippen MR) is 82.6 cm³/mol. The lowest BCUT2D eigenvalue weighted by Crippen LogP contribution is -2.52. The van der Waals surface area contributed by atoms with Gasteiger partial charge in [-0.15, -0.1) is 0 Å². The minimum Gasteiger partial charge on any atom is -0.384 e. The summed E-state index contributed by atoms with van der Waals surface area (Å²) in [5, 5.41) is 3.32. The first-order valence-electron chi connectivity index (χ1n) is 7.31. The highest BCUT2D eigenvalue weighted by molar-refractivity contribution is 5.35. The van der Waals surface area contributed by atoms with Gasteiger partial charge in [0.2, 0.25) is 5.95 Å². The minimum atomic E-state index is 0.494. The molecule has 0 spiro atoms. The smallest absolute Gasteiger partial charge is 0.224 e. The molecule has 1 unspecified atom stereocenters. The van der Waals surface area contributed by atoms with E-state index in [0.717, 1.165) is 32.7 Å². The summed E-state index contributed by atoms with van der Waals surface area (Å²) >= 11 is 0. The molecule has 3 N–H and O–H groups in total. The maximum atomic E-state index is 5.68. The zero-order chi connectivity index (χ0) is 14.5. The van der Waals surface area contributed by atoms with Crippen molar-refractivity contribution < 1.29 is 0 Å². The molecule has 1 aromatic rings. The first-order chi connectivity index (χ1) is 9.56. The van der Waals surface area contributed by atoms with Crippen LogP contribution in [0, 0.1) is 5.92 Å². The van der Waals surface area contributed by atoms with Crippen LogP contribution in [-0.2, 0) is 0 Å². The van der Waals surface area contributed by atoms with Crippen LogP contribution in [0.2, 0.25) is 0 Å². The highest BCUT2D eigenvalue weighted by Gasteiger charge is 2.24. The number of anilines is 2. The average molecular weight is 278 g/mol. The van der Waals surface area contributed by atoms with Crippen molar-refractivity contribution in [1.29, 1.82) is 0 Å². The summed E-state index contributed by atoms with van der Waals surface area (Å²) < 4.78 is 0. The third kappa shape index (κ3) is 4.05. The summed E-state index contributed by atoms with van der Waals surface area (Å²) in [6, 6.07) is 2.19. The molecule has 2 rings (SSSR count). The number of nitrogens with one attached hydrogen (secondary N) is 1. The molecule has 1 saturated heterocycles. The van der Waals surface area contributed by atoms with E-state index in [1.807, 2.05) is 0 Å². The molecule has 6 heteroatoms. The molecule has 0 bridgehead atoms. The van der Waals surface area contributed by atoms with Gasteiger partial charge < -0.3 is 16.0 Å². The van der Waals surface area contributed by atoms with Crippen LogP contribution in [0.15, 0.2) is 12.3 Å². The van der Waals surface area contributed by atoms with Crippen molar-refractivity contribution in [2.45, 2.75) is 19.9 Å². The van der Waals surface area contributed by atoms with E-state index < -0.39 is 0 Å². The number of nitrogens with zero attached hydrogens (tertiary/aromatic N) is 4. The zero-order valence-corrected chi connectivity index (χ0v) is 12.7. The van der Waals surface area contributed by atoms with E-state index in [1.165, 1.54) is 0 Å². The molecular weight excluding hydrogens is 252 g/mol. The monoisotopic (exact) mass is 278 g/mol. The Balaban J connectivity index is 1.92. The molecule has 1 aliphatic rings. The summed E-state index contributed by atoms with van der Waals surface area (Å²) in [4.78, 5) is 13.3. The molecule has 20 heavy (non-hydrogen) atoms. The van der Waals surface area contributed by atoms with Gasteiger partial charge in [-0.2, -0.15) is 4.98 Å². The second kappa shape index (κ2) is 6.85. The van der Waals surface area contributed by atoms with Crippen LogP contribution in [0.3, 0.4) is 0 Å². The molecule has 6 nitrogen and oxygen atoms in total. The third-order valence-electron chi connectivity index (χ3n) is 3.92. The van der Waals surface area contributed by atoms with E-state index >= 15 is 0 Å². The molecular formula is C14H26N6. The van der Waals surface area contributed by atoms with Crippen LogP contribution < -0.4 is 11.1 Å². The minimum absolute atomic E-state index is 0.494. The lowest BCUT2D eigenvalue weighted by Gasteiger charge is -2.39. The zero-order valence-electron chi connectivity index (χ0n) is 12.7. The average Bonchev–Trinajstić information content (AvgIpc) is 2.41. The molecule has 0 saturated carbocycles. The number of hydrogen-bond donors (Lipinski definition) is 2. The van der Waals surface area contributed by atoms with Gasteiger partial charge in [-0.05, 0) is 19.0 Å². The van der Waals surface area contributed by atoms with Gasteiger partial charge in [-0.25, -0.2) is 4.98 Å². The van der Waals surface area contributed by atoms with Gasteiger partial charge in [0.15, 0.2) is 0 Å². The van der Waals surface area contributed by atoms with Gasteiger partial charge in [-0.1, -0.05) is 13.8 Å². The Morgan fingerprint density at radius 3 is 2.60 bits per heavy atom. The van der Waals surface area contributed by atoms with Gasteiger partial charge >= 0.3 is 0 Å². The van der Waals surface area contributed by atoms with Crippen molar-refractivity contribution in [2.24, 2.45) is 5.92 Å². The van der Waals surface area contributed by atoms with Crippen LogP contribution in [0.5, 0.6) is 0 Å². The molecule has 112 valence electrons. The Morgan fingerprint density at radius 1 is 1.30 bits per heavy atom. The maximum absolute atomic E-state index is 5.68. The number of nitrogen functional groups attached to an aromatic ring is 1. The Kier molecular flexibility index (Phi) is 5.14. The number of likely N-dealkylation sites (N-methyl/N-ethyl adjacent to an activating group) is 1. The van der Waals surface area contributed by atoms with E-state index in [4.69, 9.17) is 5.73 Å². The first-order valence-corrected chi connectivity index (χ1v) is 7.31. The summed E-state index contributed by atoms with van der Waals surface area (Å²) in [5.74, 6) is 1.71. The topological polar surface area (TPSA) is 70.3 Å². The van der Waals surface area contributed by atoms with Crippen LogP contribution >= 0.6 is 0 Å². The number of rotatable bonds is 5. The fraction of sp³-hybridized carbons (Fsp3) is 0.714. The Hall–Kier alpha value is -1.40. The standard InChI is InChI=1S/C14H26N6/c1-11(2)12(20-8-6-19(3)7-9-20)10-17-14-16-5-4-13(15)18-14/h4-5,11-12H,6-10H2,1-3H3,(H3,15,16,17,18). The summed E-state index contributed by atoms with van der Waals surface area (Å²) in [6.45, 7) is 9.91. The number of nitrogens with two attached hydrogens (primary N) is 1. The summed E-state index contributed by atoms with van der Waals surface area (Å²) in [6.07, 6.45) is 1.69. The highest BCUT2D eigenvalue weighted by atomic mass is 15.3. The Labute approximate surface area is 121 Å².